The number of nitrogens with one attached hydrogen (secondary N) is 1. The minimum atomic E-state index is -3.54. The number of benzene rings is 1. The van der Waals surface area contributed by atoms with Crippen molar-refractivity contribution in [2.45, 2.75) is 12.5 Å². The van der Waals surface area contributed by atoms with Crippen molar-refractivity contribution >= 4 is 28.3 Å². The molecule has 0 bridgehead atoms. The normalized spacial score (nSPS) is 12.4. The number of halogens is 1. The van der Waals surface area contributed by atoms with E-state index in [0.717, 1.165) is 11.8 Å². The van der Waals surface area contributed by atoms with Crippen LogP contribution in [0.1, 0.15) is 5.56 Å². The lowest BCUT2D eigenvalue weighted by molar-refractivity contribution is -0.120. The average Bonchev–Trinajstić information content (AvgIpc) is 2.16. The topological polar surface area (TPSA) is 89.3 Å². The fraction of sp³-hybridized carbons (Fsp3) is 0.300. The number of carbonyl (C=O) groups excluding carboxylic acids is 1. The molecule has 1 rings (SSSR count). The molecule has 0 saturated heterocycles. The summed E-state index contributed by atoms with van der Waals surface area (Å²) < 4.78 is 23.5. The minimum Gasteiger partial charge on any atom is -0.320 e. The number of amides is 1. The molecule has 1 atom stereocenters. The van der Waals surface area contributed by atoms with Crippen LogP contribution in [0.4, 0.5) is 0 Å². The van der Waals surface area contributed by atoms with Crippen LogP contribution >= 0.6 is 12.4 Å². The van der Waals surface area contributed by atoms with Crippen molar-refractivity contribution < 1.29 is 13.2 Å². The average molecular weight is 279 g/mol. The fourth-order valence-electron chi connectivity index (χ4n) is 1.22. The number of sulfonamides is 1. The standard InChI is InChI=1S/C10H14N2O3S.ClH/c1-16(14,15)12-10(13)9(11)7-8-5-3-2-4-6-8;/h2-6,9H,7,11H2,1H3,(H,12,13);1H/t9-;/m1./s1. The molecule has 1 aromatic rings. The van der Waals surface area contributed by atoms with E-state index in [0.29, 0.717) is 6.42 Å². The van der Waals surface area contributed by atoms with Gasteiger partial charge in [-0.2, -0.15) is 0 Å². The second kappa shape index (κ2) is 6.58. The Morgan fingerprint density at radius 1 is 1.35 bits per heavy atom. The van der Waals surface area contributed by atoms with Crippen LogP contribution in [-0.2, 0) is 21.2 Å². The molecule has 7 heteroatoms. The highest BCUT2D eigenvalue weighted by atomic mass is 35.5. The third kappa shape index (κ3) is 6.25. The highest BCUT2D eigenvalue weighted by Gasteiger charge is 2.17. The molecule has 0 spiro atoms. The summed E-state index contributed by atoms with van der Waals surface area (Å²) in [7, 11) is -3.54. The zero-order valence-electron chi connectivity index (χ0n) is 9.29. The van der Waals surface area contributed by atoms with Gasteiger partial charge in [0.2, 0.25) is 10.0 Å². The maximum Gasteiger partial charge on any atom is 0.250 e. The van der Waals surface area contributed by atoms with E-state index >= 15 is 0 Å². The number of rotatable bonds is 4. The van der Waals surface area contributed by atoms with Gasteiger partial charge >= 0.3 is 0 Å². The molecule has 0 aromatic heterocycles. The Morgan fingerprint density at radius 3 is 2.35 bits per heavy atom. The van der Waals surface area contributed by atoms with E-state index in [1.54, 1.807) is 0 Å². The van der Waals surface area contributed by atoms with Crippen LogP contribution in [0.15, 0.2) is 30.3 Å². The molecule has 0 heterocycles. The first kappa shape index (κ1) is 15.9. The van der Waals surface area contributed by atoms with Crippen LogP contribution in [0.25, 0.3) is 0 Å². The van der Waals surface area contributed by atoms with Crippen molar-refractivity contribution in [2.75, 3.05) is 6.26 Å². The van der Waals surface area contributed by atoms with Crippen LogP contribution in [0.2, 0.25) is 0 Å². The Balaban J connectivity index is 0.00000256. The summed E-state index contributed by atoms with van der Waals surface area (Å²) in [6.07, 6.45) is 1.22. The minimum absolute atomic E-state index is 0. The first-order valence-corrected chi connectivity index (χ1v) is 6.59. The SMILES string of the molecule is CS(=O)(=O)NC(=O)[C@H](N)Cc1ccccc1.Cl. The van der Waals surface area contributed by atoms with E-state index in [2.05, 4.69) is 0 Å². The Morgan fingerprint density at radius 2 is 1.88 bits per heavy atom. The summed E-state index contributed by atoms with van der Waals surface area (Å²) in [4.78, 5) is 11.3. The number of hydrogen-bond donors (Lipinski definition) is 2. The van der Waals surface area contributed by atoms with Gasteiger partial charge in [-0.3, -0.25) is 9.52 Å². The molecule has 3 N–H and O–H groups in total. The van der Waals surface area contributed by atoms with Crippen LogP contribution in [-0.4, -0.2) is 26.6 Å². The molecule has 5 nitrogen and oxygen atoms in total. The van der Waals surface area contributed by atoms with Crippen LogP contribution in [0, 0.1) is 0 Å². The van der Waals surface area contributed by atoms with Gasteiger partial charge < -0.3 is 5.73 Å². The van der Waals surface area contributed by atoms with Gasteiger partial charge in [-0.15, -0.1) is 12.4 Å². The van der Waals surface area contributed by atoms with Crippen molar-refractivity contribution in [1.82, 2.24) is 4.72 Å². The van der Waals surface area contributed by atoms with Crippen molar-refractivity contribution in [3.05, 3.63) is 35.9 Å². The van der Waals surface area contributed by atoms with E-state index in [4.69, 9.17) is 5.73 Å². The lowest BCUT2D eigenvalue weighted by atomic mass is 10.1. The molecule has 17 heavy (non-hydrogen) atoms. The predicted octanol–water partition coefficient (Wildman–Crippen LogP) is 0.0540. The monoisotopic (exact) mass is 278 g/mol. The lowest BCUT2D eigenvalue weighted by Crippen LogP contribution is -2.44. The summed E-state index contributed by atoms with van der Waals surface area (Å²) >= 11 is 0. The Hall–Kier alpha value is -1.11. The molecule has 0 fully saturated rings. The molecule has 96 valence electrons. The summed E-state index contributed by atoms with van der Waals surface area (Å²) in [5.74, 6) is -0.689. The highest BCUT2D eigenvalue weighted by molar-refractivity contribution is 7.89. The van der Waals surface area contributed by atoms with Crippen molar-refractivity contribution in [3.63, 3.8) is 0 Å². The third-order valence-corrected chi connectivity index (χ3v) is 2.49. The molecular formula is C10H15ClN2O3S. The molecule has 0 radical (unpaired) electrons. The molecule has 1 amide bonds. The first-order valence-electron chi connectivity index (χ1n) is 4.69. The molecule has 0 aliphatic carbocycles. The van der Waals surface area contributed by atoms with Crippen molar-refractivity contribution in [1.29, 1.82) is 0 Å². The number of hydrogen-bond acceptors (Lipinski definition) is 4. The highest BCUT2D eigenvalue weighted by Crippen LogP contribution is 2.01. The molecule has 0 unspecified atom stereocenters. The zero-order valence-corrected chi connectivity index (χ0v) is 10.9. The quantitative estimate of drug-likeness (QED) is 0.815. The fourth-order valence-corrected chi connectivity index (χ4v) is 1.74. The van der Waals surface area contributed by atoms with Crippen molar-refractivity contribution in [2.24, 2.45) is 5.73 Å². The van der Waals surface area contributed by atoms with E-state index in [-0.39, 0.29) is 12.4 Å². The largest absolute Gasteiger partial charge is 0.320 e. The molecular weight excluding hydrogens is 264 g/mol. The van der Waals surface area contributed by atoms with Gasteiger partial charge in [-0.1, -0.05) is 30.3 Å². The molecule has 1 aromatic carbocycles. The first-order chi connectivity index (χ1) is 7.38. The number of carbonyl (C=O) groups is 1. The lowest BCUT2D eigenvalue weighted by Gasteiger charge is -2.10. The van der Waals surface area contributed by atoms with Crippen LogP contribution in [0.5, 0.6) is 0 Å². The smallest absolute Gasteiger partial charge is 0.250 e. The van der Waals surface area contributed by atoms with Crippen molar-refractivity contribution in [3.8, 4) is 0 Å². The Kier molecular flexibility index (Phi) is 6.15. The summed E-state index contributed by atoms with van der Waals surface area (Å²) in [6, 6.07) is 8.30. The number of nitrogens with two attached hydrogens (primary N) is 1. The summed E-state index contributed by atoms with van der Waals surface area (Å²) in [6.45, 7) is 0. The van der Waals surface area contributed by atoms with E-state index < -0.39 is 22.0 Å². The Bertz CT molecular complexity index is 462. The van der Waals surface area contributed by atoms with Crippen LogP contribution < -0.4 is 10.5 Å². The van der Waals surface area contributed by atoms with E-state index in [1.165, 1.54) is 0 Å². The molecule has 0 aliphatic rings. The maximum atomic E-state index is 11.3. The van der Waals surface area contributed by atoms with Gasteiger partial charge in [0.15, 0.2) is 0 Å². The van der Waals surface area contributed by atoms with E-state index in [1.807, 2.05) is 35.1 Å². The van der Waals surface area contributed by atoms with Crippen LogP contribution in [0.3, 0.4) is 0 Å². The zero-order chi connectivity index (χ0) is 12.2. The third-order valence-electron chi connectivity index (χ3n) is 1.92. The summed E-state index contributed by atoms with van der Waals surface area (Å²) in [5.41, 5.74) is 6.47. The second-order valence-electron chi connectivity index (χ2n) is 3.53. The van der Waals surface area contributed by atoms with Gasteiger partial charge in [0.25, 0.3) is 5.91 Å². The van der Waals surface area contributed by atoms with Gasteiger partial charge in [-0.25, -0.2) is 8.42 Å². The van der Waals surface area contributed by atoms with Gasteiger partial charge in [0, 0.05) is 0 Å². The van der Waals surface area contributed by atoms with Gasteiger partial charge in [-0.05, 0) is 12.0 Å². The van der Waals surface area contributed by atoms with Gasteiger partial charge in [0.05, 0.1) is 12.3 Å². The maximum absolute atomic E-state index is 11.3. The predicted molar refractivity (Wildman–Crippen MR) is 68.4 cm³/mol. The second-order valence-corrected chi connectivity index (χ2v) is 5.28. The van der Waals surface area contributed by atoms with E-state index in [9.17, 15) is 13.2 Å². The Labute approximate surface area is 107 Å². The van der Waals surface area contributed by atoms with Gasteiger partial charge in [0.1, 0.15) is 0 Å². The molecule has 0 saturated carbocycles. The summed E-state index contributed by atoms with van der Waals surface area (Å²) in [5, 5.41) is 0. The molecule has 0 aliphatic heterocycles.